The molecule has 0 radical (unpaired) electrons. The summed E-state index contributed by atoms with van der Waals surface area (Å²) in [7, 11) is 0. The van der Waals surface area contributed by atoms with Crippen molar-refractivity contribution in [2.75, 3.05) is 11.9 Å². The maximum Gasteiger partial charge on any atom is 0.170 e. The minimum atomic E-state index is 0.587. The van der Waals surface area contributed by atoms with E-state index in [1.54, 1.807) is 0 Å². The molecule has 130 valence electrons. The Hall–Kier alpha value is -2.11. The second-order valence-electron chi connectivity index (χ2n) is 6.10. The summed E-state index contributed by atoms with van der Waals surface area (Å²) in [4.78, 5) is 4.40. The summed E-state index contributed by atoms with van der Waals surface area (Å²) in [5, 5.41) is 7.71. The number of thiocarbonyl (C=S) groups is 1. The number of para-hydroxylation sites is 2. The number of nitrogens with zero attached hydrogens (tertiary/aromatic N) is 2. The average molecular weight is 373 g/mol. The highest BCUT2D eigenvalue weighted by Gasteiger charge is 2.07. The second-order valence-corrected chi connectivity index (χ2v) is 6.92. The van der Waals surface area contributed by atoms with Crippen molar-refractivity contribution >= 4 is 45.7 Å². The van der Waals surface area contributed by atoms with Crippen LogP contribution in [0.1, 0.15) is 17.5 Å². The maximum absolute atomic E-state index is 6.30. The van der Waals surface area contributed by atoms with E-state index in [0.29, 0.717) is 10.1 Å². The molecule has 2 aromatic carbocycles. The molecule has 0 saturated heterocycles. The molecule has 0 unspecified atom stereocenters. The van der Waals surface area contributed by atoms with Crippen LogP contribution in [0.15, 0.2) is 42.7 Å². The van der Waals surface area contributed by atoms with Crippen LogP contribution >= 0.6 is 23.8 Å². The molecule has 0 fully saturated rings. The lowest BCUT2D eigenvalue weighted by atomic mass is 10.1. The van der Waals surface area contributed by atoms with Gasteiger partial charge in [0.25, 0.3) is 0 Å². The first-order valence-corrected chi connectivity index (χ1v) is 9.04. The van der Waals surface area contributed by atoms with Gasteiger partial charge in [0.1, 0.15) is 0 Å². The van der Waals surface area contributed by atoms with E-state index in [9.17, 15) is 0 Å². The monoisotopic (exact) mass is 372 g/mol. The van der Waals surface area contributed by atoms with E-state index in [4.69, 9.17) is 23.8 Å². The number of nitrogens with one attached hydrogen (secondary N) is 2. The summed E-state index contributed by atoms with van der Waals surface area (Å²) in [6.07, 6.45) is 2.83. The molecule has 0 aliphatic carbocycles. The Morgan fingerprint density at radius 1 is 1.24 bits per heavy atom. The number of aryl methyl sites for hydroxylation is 3. The normalized spacial score (nSPS) is 10.8. The molecule has 0 saturated carbocycles. The van der Waals surface area contributed by atoms with Gasteiger partial charge >= 0.3 is 0 Å². The van der Waals surface area contributed by atoms with Crippen molar-refractivity contribution < 1.29 is 0 Å². The van der Waals surface area contributed by atoms with Gasteiger partial charge in [-0.25, -0.2) is 4.98 Å². The lowest BCUT2D eigenvalue weighted by Crippen LogP contribution is -2.30. The fourth-order valence-electron chi connectivity index (χ4n) is 2.87. The first-order valence-electron chi connectivity index (χ1n) is 8.26. The van der Waals surface area contributed by atoms with Crippen molar-refractivity contribution in [3.05, 3.63) is 58.9 Å². The molecule has 0 atom stereocenters. The molecule has 0 aliphatic heterocycles. The standard InChI is InChI=1S/C19H21ClN4S/c1-13-10-14(2)18(15(20)11-13)23-19(25)21-8-5-9-24-12-22-16-6-3-4-7-17(16)24/h3-4,6-7,10-12H,5,8-9H2,1-2H3,(H2,21,23,25). The topological polar surface area (TPSA) is 41.9 Å². The van der Waals surface area contributed by atoms with Gasteiger partial charge in [-0.2, -0.15) is 0 Å². The van der Waals surface area contributed by atoms with Crippen LogP contribution in [-0.4, -0.2) is 21.2 Å². The highest BCUT2D eigenvalue weighted by Crippen LogP contribution is 2.27. The zero-order valence-electron chi connectivity index (χ0n) is 14.3. The zero-order chi connectivity index (χ0) is 17.8. The molecule has 4 nitrogen and oxygen atoms in total. The molecule has 0 aliphatic rings. The fourth-order valence-corrected chi connectivity index (χ4v) is 3.44. The maximum atomic E-state index is 6.30. The Bertz CT molecular complexity index is 880. The minimum absolute atomic E-state index is 0.587. The summed E-state index contributed by atoms with van der Waals surface area (Å²) in [5.41, 5.74) is 5.27. The molecule has 3 aromatic rings. The van der Waals surface area contributed by atoms with E-state index in [1.165, 1.54) is 0 Å². The van der Waals surface area contributed by atoms with E-state index < -0.39 is 0 Å². The number of hydrogen-bond donors (Lipinski definition) is 2. The highest BCUT2D eigenvalue weighted by atomic mass is 35.5. The number of fused-ring (bicyclic) bond motifs is 1. The number of aromatic nitrogens is 2. The van der Waals surface area contributed by atoms with Crippen molar-refractivity contribution in [2.24, 2.45) is 0 Å². The molecule has 1 heterocycles. The Balaban J connectivity index is 1.50. The molecule has 2 N–H and O–H groups in total. The van der Waals surface area contributed by atoms with Crippen LogP contribution in [0.4, 0.5) is 5.69 Å². The Morgan fingerprint density at radius 3 is 2.84 bits per heavy atom. The summed E-state index contributed by atoms with van der Waals surface area (Å²) < 4.78 is 2.16. The zero-order valence-corrected chi connectivity index (χ0v) is 15.9. The Labute approximate surface area is 158 Å². The third-order valence-corrected chi connectivity index (χ3v) is 4.60. The van der Waals surface area contributed by atoms with E-state index >= 15 is 0 Å². The lowest BCUT2D eigenvalue weighted by Gasteiger charge is -2.15. The van der Waals surface area contributed by atoms with E-state index in [2.05, 4.69) is 32.3 Å². The van der Waals surface area contributed by atoms with Crippen LogP contribution in [0.2, 0.25) is 5.02 Å². The third kappa shape index (κ3) is 4.30. The summed E-state index contributed by atoms with van der Waals surface area (Å²) in [6, 6.07) is 12.2. The molecule has 25 heavy (non-hydrogen) atoms. The number of rotatable bonds is 5. The van der Waals surface area contributed by atoms with Gasteiger partial charge in [-0.05, 0) is 61.8 Å². The highest BCUT2D eigenvalue weighted by molar-refractivity contribution is 7.80. The van der Waals surface area contributed by atoms with Crippen molar-refractivity contribution in [1.29, 1.82) is 0 Å². The van der Waals surface area contributed by atoms with Gasteiger partial charge in [-0.15, -0.1) is 0 Å². The third-order valence-electron chi connectivity index (χ3n) is 4.06. The smallest absolute Gasteiger partial charge is 0.170 e. The van der Waals surface area contributed by atoms with Crippen LogP contribution < -0.4 is 10.6 Å². The van der Waals surface area contributed by atoms with Gasteiger partial charge < -0.3 is 15.2 Å². The quantitative estimate of drug-likeness (QED) is 0.504. The molecular weight excluding hydrogens is 352 g/mol. The second kappa shape index (κ2) is 7.85. The molecule has 1 aromatic heterocycles. The van der Waals surface area contributed by atoms with Crippen molar-refractivity contribution in [2.45, 2.75) is 26.8 Å². The average Bonchev–Trinajstić information content (AvgIpc) is 2.98. The van der Waals surface area contributed by atoms with Gasteiger partial charge in [0, 0.05) is 13.1 Å². The number of hydrogen-bond acceptors (Lipinski definition) is 2. The van der Waals surface area contributed by atoms with E-state index in [-0.39, 0.29) is 0 Å². The molecule has 0 amide bonds. The number of halogens is 1. The number of imidazole rings is 1. The minimum Gasteiger partial charge on any atom is -0.362 e. The Kier molecular flexibility index (Phi) is 5.56. The largest absolute Gasteiger partial charge is 0.362 e. The molecular formula is C19H21ClN4S. The molecule has 6 heteroatoms. The molecule has 0 bridgehead atoms. The molecule has 0 spiro atoms. The van der Waals surface area contributed by atoms with E-state index in [0.717, 1.165) is 47.4 Å². The van der Waals surface area contributed by atoms with Gasteiger partial charge in [0.05, 0.1) is 28.1 Å². The van der Waals surface area contributed by atoms with Crippen LogP contribution in [-0.2, 0) is 6.54 Å². The van der Waals surface area contributed by atoms with Gasteiger partial charge in [-0.1, -0.05) is 29.8 Å². The van der Waals surface area contributed by atoms with Gasteiger partial charge in [-0.3, -0.25) is 0 Å². The van der Waals surface area contributed by atoms with Gasteiger partial charge in [0.15, 0.2) is 5.11 Å². The number of anilines is 1. The predicted octanol–water partition coefficient (Wildman–Crippen LogP) is 4.68. The number of benzene rings is 2. The first kappa shape index (κ1) is 17.7. The SMILES string of the molecule is Cc1cc(C)c(NC(=S)NCCCn2cnc3ccccc32)c(Cl)c1. The fraction of sp³-hybridized carbons (Fsp3) is 0.263. The van der Waals surface area contributed by atoms with Gasteiger partial charge in [0.2, 0.25) is 0 Å². The van der Waals surface area contributed by atoms with Crippen LogP contribution in [0.3, 0.4) is 0 Å². The first-order chi connectivity index (χ1) is 12.0. The Morgan fingerprint density at radius 2 is 2.04 bits per heavy atom. The van der Waals surface area contributed by atoms with Crippen molar-refractivity contribution in [1.82, 2.24) is 14.9 Å². The van der Waals surface area contributed by atoms with Crippen molar-refractivity contribution in [3.63, 3.8) is 0 Å². The summed E-state index contributed by atoms with van der Waals surface area (Å²) in [6.45, 7) is 5.72. The molecule has 3 rings (SSSR count). The summed E-state index contributed by atoms with van der Waals surface area (Å²) in [5.74, 6) is 0. The summed E-state index contributed by atoms with van der Waals surface area (Å²) >= 11 is 11.7. The van der Waals surface area contributed by atoms with Crippen LogP contribution in [0, 0.1) is 13.8 Å². The van der Waals surface area contributed by atoms with Crippen LogP contribution in [0.25, 0.3) is 11.0 Å². The predicted molar refractivity (Wildman–Crippen MR) is 109 cm³/mol. The van der Waals surface area contributed by atoms with Crippen molar-refractivity contribution in [3.8, 4) is 0 Å². The van der Waals surface area contributed by atoms with E-state index in [1.807, 2.05) is 44.4 Å². The lowest BCUT2D eigenvalue weighted by molar-refractivity contribution is 0.645. The van der Waals surface area contributed by atoms with Crippen LogP contribution in [0.5, 0.6) is 0 Å².